The average Bonchev–Trinajstić information content (AvgIpc) is 3.08. The lowest BCUT2D eigenvalue weighted by Gasteiger charge is -2.35. The summed E-state index contributed by atoms with van der Waals surface area (Å²) in [6.07, 6.45) is 0.600. The van der Waals surface area contributed by atoms with E-state index < -0.39 is 0 Å². The monoisotopic (exact) mass is 425 g/mol. The number of cyclic esters (lactones) is 1. The molecule has 0 radical (unpaired) electrons. The molecule has 1 unspecified atom stereocenters. The third kappa shape index (κ3) is 6.44. The molecule has 3 rings (SSSR count). The summed E-state index contributed by atoms with van der Waals surface area (Å²) in [5.74, 6) is -0.0603. The smallest absolute Gasteiger partial charge is 0.410 e. The number of piperazine rings is 2. The van der Waals surface area contributed by atoms with Crippen molar-refractivity contribution in [2.24, 2.45) is 5.73 Å². The number of hydrogen-bond donors (Lipinski definition) is 2. The summed E-state index contributed by atoms with van der Waals surface area (Å²) in [6, 6.07) is 0. The number of nitrogens with zero attached hydrogens (tertiary/aromatic N) is 5. The van der Waals surface area contributed by atoms with Crippen molar-refractivity contribution in [3.63, 3.8) is 0 Å². The van der Waals surface area contributed by atoms with Crippen LogP contribution in [0.4, 0.5) is 4.79 Å². The molecular weight excluding hydrogens is 390 g/mol. The third-order valence-corrected chi connectivity index (χ3v) is 6.07. The minimum absolute atomic E-state index is 0.0937. The van der Waals surface area contributed by atoms with E-state index in [1.807, 2.05) is 9.80 Å². The molecule has 0 aliphatic carbocycles. The molecule has 0 bridgehead atoms. The largest absolute Gasteiger partial charge is 0.468 e. The first kappa shape index (κ1) is 22.6. The summed E-state index contributed by atoms with van der Waals surface area (Å²) in [7, 11) is 1.41. The van der Waals surface area contributed by atoms with Crippen LogP contribution in [-0.4, -0.2) is 141 Å². The number of hydrogen-bond acceptors (Lipinski definition) is 8. The molecule has 3 aliphatic rings. The van der Waals surface area contributed by atoms with Crippen LogP contribution in [-0.2, 0) is 14.3 Å². The van der Waals surface area contributed by atoms with Crippen LogP contribution in [0.1, 0.15) is 6.42 Å². The lowest BCUT2D eigenvalue weighted by Crippen LogP contribution is -2.51. The first-order valence-electron chi connectivity index (χ1n) is 10.7. The molecule has 3 saturated heterocycles. The van der Waals surface area contributed by atoms with Crippen LogP contribution in [0.3, 0.4) is 0 Å². The van der Waals surface area contributed by atoms with Crippen LogP contribution in [0.15, 0.2) is 0 Å². The molecule has 0 saturated carbocycles. The highest BCUT2D eigenvalue weighted by Crippen LogP contribution is 2.14. The second-order valence-corrected chi connectivity index (χ2v) is 8.17. The predicted octanol–water partition coefficient (Wildman–Crippen LogP) is -1.50. The van der Waals surface area contributed by atoms with Gasteiger partial charge in [0, 0.05) is 65.4 Å². The van der Waals surface area contributed by atoms with Crippen molar-refractivity contribution < 1.29 is 19.1 Å². The van der Waals surface area contributed by atoms with Crippen molar-refractivity contribution >= 4 is 18.0 Å². The highest BCUT2D eigenvalue weighted by Gasteiger charge is 2.33. The molecule has 3 aliphatic heterocycles. The van der Waals surface area contributed by atoms with Crippen LogP contribution < -0.4 is 5.73 Å². The highest BCUT2D eigenvalue weighted by atomic mass is 16.6. The molecule has 30 heavy (non-hydrogen) atoms. The molecule has 1 atom stereocenters. The third-order valence-electron chi connectivity index (χ3n) is 6.07. The van der Waals surface area contributed by atoms with Crippen molar-refractivity contribution in [2.45, 2.75) is 12.5 Å². The molecule has 3 N–H and O–H groups in total. The Balaban J connectivity index is 1.30. The topological polar surface area (TPSA) is 119 Å². The Morgan fingerprint density at radius 2 is 1.70 bits per heavy atom. The predicted molar refractivity (Wildman–Crippen MR) is 111 cm³/mol. The molecule has 3 heterocycles. The highest BCUT2D eigenvalue weighted by molar-refractivity contribution is 5.74. The van der Waals surface area contributed by atoms with E-state index in [9.17, 15) is 9.59 Å². The summed E-state index contributed by atoms with van der Waals surface area (Å²) in [6.45, 7) is 10.1. The fourth-order valence-electron chi connectivity index (χ4n) is 4.21. The maximum Gasteiger partial charge on any atom is 0.410 e. The number of amides is 1. The molecule has 170 valence electrons. The number of carbonyl (C=O) groups is 2. The molecule has 1 amide bonds. The van der Waals surface area contributed by atoms with Crippen LogP contribution >= 0.6 is 0 Å². The van der Waals surface area contributed by atoms with E-state index in [-0.39, 0.29) is 24.1 Å². The quantitative estimate of drug-likeness (QED) is 0.272. The average molecular weight is 426 g/mol. The SMILES string of the molecule is COC(=O)CN1CCN(CC2CN(CCCN3CCN(C(=N)N)CC3)C(=O)O2)CC1. The lowest BCUT2D eigenvalue weighted by molar-refractivity contribution is -0.142. The van der Waals surface area contributed by atoms with E-state index in [2.05, 4.69) is 14.7 Å². The number of methoxy groups -OCH3 is 1. The van der Waals surface area contributed by atoms with E-state index in [0.29, 0.717) is 19.6 Å². The van der Waals surface area contributed by atoms with Gasteiger partial charge >= 0.3 is 12.1 Å². The zero-order valence-corrected chi connectivity index (χ0v) is 17.9. The van der Waals surface area contributed by atoms with Gasteiger partial charge in [-0.15, -0.1) is 0 Å². The normalized spacial score (nSPS) is 24.2. The van der Waals surface area contributed by atoms with Gasteiger partial charge in [0.2, 0.25) is 0 Å². The fraction of sp³-hybridized carbons (Fsp3) is 0.842. The molecule has 0 aromatic heterocycles. The molecular formula is C19H35N7O4. The first-order chi connectivity index (χ1) is 14.4. The minimum atomic E-state index is -0.217. The van der Waals surface area contributed by atoms with Gasteiger partial charge in [0.15, 0.2) is 5.96 Å². The van der Waals surface area contributed by atoms with E-state index in [0.717, 1.165) is 71.9 Å². The summed E-state index contributed by atoms with van der Waals surface area (Å²) < 4.78 is 10.3. The van der Waals surface area contributed by atoms with Crippen molar-refractivity contribution in [2.75, 3.05) is 92.2 Å². The van der Waals surface area contributed by atoms with Gasteiger partial charge < -0.3 is 25.0 Å². The zero-order valence-electron chi connectivity index (χ0n) is 17.9. The van der Waals surface area contributed by atoms with Gasteiger partial charge in [-0.3, -0.25) is 24.9 Å². The van der Waals surface area contributed by atoms with Crippen molar-refractivity contribution in [1.82, 2.24) is 24.5 Å². The van der Waals surface area contributed by atoms with E-state index in [4.69, 9.17) is 20.6 Å². The number of esters is 1. The molecule has 3 fully saturated rings. The second-order valence-electron chi connectivity index (χ2n) is 8.17. The molecule has 0 aromatic rings. The molecule has 0 spiro atoms. The maximum absolute atomic E-state index is 12.2. The van der Waals surface area contributed by atoms with E-state index in [1.165, 1.54) is 7.11 Å². The number of nitrogens with one attached hydrogen (secondary N) is 1. The van der Waals surface area contributed by atoms with Gasteiger partial charge in [-0.2, -0.15) is 0 Å². The number of ether oxygens (including phenoxy) is 2. The summed E-state index contributed by atoms with van der Waals surface area (Å²) in [4.78, 5) is 34.0. The summed E-state index contributed by atoms with van der Waals surface area (Å²) in [5, 5.41) is 7.49. The van der Waals surface area contributed by atoms with Crippen molar-refractivity contribution in [1.29, 1.82) is 5.41 Å². The second kappa shape index (κ2) is 10.8. The Kier molecular flexibility index (Phi) is 8.11. The Morgan fingerprint density at radius 3 is 2.33 bits per heavy atom. The lowest BCUT2D eigenvalue weighted by atomic mass is 10.2. The molecule has 11 nitrogen and oxygen atoms in total. The first-order valence-corrected chi connectivity index (χ1v) is 10.7. The van der Waals surface area contributed by atoms with Crippen molar-refractivity contribution in [3.05, 3.63) is 0 Å². The Morgan fingerprint density at radius 1 is 1.07 bits per heavy atom. The van der Waals surface area contributed by atoms with Gasteiger partial charge in [0.25, 0.3) is 0 Å². The standard InChI is InChI=1S/C19H35N7O4/c1-29-17(27)15-24-7-5-23(6-8-24)13-16-14-26(19(28)30-16)4-2-3-22-9-11-25(12-10-22)18(20)21/h16H,2-15H2,1H3,(H3,20,21). The minimum Gasteiger partial charge on any atom is -0.468 e. The Hall–Kier alpha value is -2.11. The summed E-state index contributed by atoms with van der Waals surface area (Å²) in [5.41, 5.74) is 5.53. The van der Waals surface area contributed by atoms with Crippen LogP contribution in [0.5, 0.6) is 0 Å². The molecule has 0 aromatic carbocycles. The fourth-order valence-corrected chi connectivity index (χ4v) is 4.21. The Bertz CT molecular complexity index is 604. The van der Waals surface area contributed by atoms with Crippen LogP contribution in [0, 0.1) is 5.41 Å². The number of carbonyl (C=O) groups excluding carboxylic acids is 2. The number of guanidine groups is 1. The van der Waals surface area contributed by atoms with Crippen molar-refractivity contribution in [3.8, 4) is 0 Å². The van der Waals surface area contributed by atoms with Gasteiger partial charge in [0.1, 0.15) is 6.10 Å². The van der Waals surface area contributed by atoms with Crippen LogP contribution in [0.25, 0.3) is 0 Å². The maximum atomic E-state index is 12.2. The van der Waals surface area contributed by atoms with E-state index >= 15 is 0 Å². The van der Waals surface area contributed by atoms with Gasteiger partial charge in [-0.1, -0.05) is 0 Å². The van der Waals surface area contributed by atoms with Gasteiger partial charge in [-0.25, -0.2) is 4.79 Å². The van der Waals surface area contributed by atoms with Gasteiger partial charge in [-0.05, 0) is 13.0 Å². The van der Waals surface area contributed by atoms with Crippen LogP contribution in [0.2, 0.25) is 0 Å². The van der Waals surface area contributed by atoms with Gasteiger partial charge in [0.05, 0.1) is 20.2 Å². The molecule has 11 heteroatoms. The van der Waals surface area contributed by atoms with E-state index in [1.54, 1.807) is 0 Å². The number of nitrogens with two attached hydrogens (primary N) is 1. The Labute approximate surface area is 178 Å². The number of rotatable bonds is 8. The zero-order chi connectivity index (χ0) is 21.5. The summed E-state index contributed by atoms with van der Waals surface area (Å²) >= 11 is 0.